The van der Waals surface area contributed by atoms with Crippen LogP contribution in [0.4, 0.5) is 0 Å². The monoisotopic (exact) mass is 1080 g/mol. The van der Waals surface area contributed by atoms with Crippen LogP contribution in [0.25, 0.3) is 0 Å². The molecule has 1 radical (unpaired) electrons. The molecule has 0 aliphatic heterocycles. The van der Waals surface area contributed by atoms with Crippen LogP contribution in [0, 0.1) is 27.7 Å². The molecule has 0 aromatic heterocycles. The van der Waals surface area contributed by atoms with Gasteiger partial charge in [-0.25, -0.2) is 0 Å². The van der Waals surface area contributed by atoms with E-state index in [9.17, 15) is 0 Å². The Morgan fingerprint density at radius 2 is 0.192 bits per heavy atom. The minimum atomic E-state index is 0. The van der Waals surface area contributed by atoms with Crippen LogP contribution in [-0.4, -0.2) is 0 Å². The van der Waals surface area contributed by atoms with Gasteiger partial charge in [0, 0.05) is 17.1 Å². The van der Waals surface area contributed by atoms with Crippen molar-refractivity contribution < 1.29 is 17.1 Å². The molecule has 0 atom stereocenters. The van der Waals surface area contributed by atoms with Crippen molar-refractivity contribution in [2.24, 2.45) is 0 Å². The molecular weight excluding hydrogens is 928 g/mol. The molecule has 0 N–H and O–H groups in total. The van der Waals surface area contributed by atoms with Crippen molar-refractivity contribution in [1.29, 1.82) is 0 Å². The van der Waals surface area contributed by atoms with Crippen LogP contribution < -0.4 is 0 Å². The van der Waals surface area contributed by atoms with Crippen LogP contribution in [-0.2, 0) is 17.1 Å². The van der Waals surface area contributed by atoms with E-state index in [2.05, 4.69) is 55.4 Å². The van der Waals surface area contributed by atoms with E-state index in [1.165, 1.54) is 385 Å². The van der Waals surface area contributed by atoms with Crippen LogP contribution in [0.5, 0.6) is 0 Å². The van der Waals surface area contributed by atoms with Gasteiger partial charge in [-0.2, -0.15) is 25.7 Å². The first-order valence-corrected chi connectivity index (χ1v) is 34.8. The molecule has 451 valence electrons. The third kappa shape index (κ3) is 98.5. The molecule has 0 aromatic carbocycles. The van der Waals surface area contributed by atoms with Gasteiger partial charge in [-0.1, -0.05) is 413 Å². The summed E-state index contributed by atoms with van der Waals surface area (Å²) in [6, 6.07) is 0. The second kappa shape index (κ2) is 89.1. The molecule has 0 rings (SSSR count). The number of rotatable bonds is 60. The van der Waals surface area contributed by atoms with Gasteiger partial charge in [0.1, 0.15) is 0 Å². The molecule has 0 nitrogen and oxygen atoms in total. The van der Waals surface area contributed by atoms with Gasteiger partial charge in [0.25, 0.3) is 0 Å². The van der Waals surface area contributed by atoms with E-state index in [-0.39, 0.29) is 17.1 Å². The van der Waals surface area contributed by atoms with Gasteiger partial charge in [0.05, 0.1) is 0 Å². The third-order valence-corrected chi connectivity index (χ3v) is 15.4. The Morgan fingerprint density at radius 3 is 0.260 bits per heavy atom. The molecule has 0 aliphatic rings. The van der Waals surface area contributed by atoms with Gasteiger partial charge in [0.2, 0.25) is 0 Å². The fourth-order valence-electron chi connectivity index (χ4n) is 10.2. The van der Waals surface area contributed by atoms with E-state index in [1.807, 2.05) is 0 Å². The van der Waals surface area contributed by atoms with Crippen molar-refractivity contribution in [1.82, 2.24) is 0 Å². The molecule has 0 bridgehead atoms. The zero-order valence-electron chi connectivity index (χ0n) is 52.4. The second-order valence-electron chi connectivity index (χ2n) is 23.2. The van der Waals surface area contributed by atoms with Crippen molar-refractivity contribution in [2.75, 3.05) is 0 Å². The molecule has 0 fully saturated rings. The van der Waals surface area contributed by atoms with Gasteiger partial charge in [-0.15, -0.1) is 0 Å². The standard InChI is InChI=1S/4C18H37.Cu/c4*1-3-5-7-9-11-13-15-17-18-16-14-12-10-8-6-4-2;/h4*1,3-18H2,2H3;/q4*-1;. The second-order valence-corrected chi connectivity index (χ2v) is 23.2. The summed E-state index contributed by atoms with van der Waals surface area (Å²) in [6.07, 6.45) is 91.3. The number of unbranched alkanes of at least 4 members (excludes halogenated alkanes) is 60. The average Bonchev–Trinajstić information content (AvgIpc) is 3.39. The van der Waals surface area contributed by atoms with E-state index >= 15 is 0 Å². The molecule has 0 aliphatic carbocycles. The van der Waals surface area contributed by atoms with Crippen molar-refractivity contribution in [3.63, 3.8) is 0 Å². The molecule has 0 aromatic rings. The van der Waals surface area contributed by atoms with E-state index in [4.69, 9.17) is 0 Å². The van der Waals surface area contributed by atoms with Crippen molar-refractivity contribution >= 4 is 0 Å². The Bertz CT molecular complexity index is 584. The summed E-state index contributed by atoms with van der Waals surface area (Å²) in [4.78, 5) is 0. The predicted octanol–water partition coefficient (Wildman–Crippen LogP) is 28.3. The smallest absolute Gasteiger partial charge is 0 e. The summed E-state index contributed by atoms with van der Waals surface area (Å²) in [5, 5.41) is 0. The summed E-state index contributed by atoms with van der Waals surface area (Å²) in [6.45, 7) is 24.7. The minimum Gasteiger partial charge on any atom is -0.343 e. The number of hydrogen-bond donors (Lipinski definition) is 0. The van der Waals surface area contributed by atoms with Crippen molar-refractivity contribution in [3.05, 3.63) is 27.7 Å². The molecule has 1 heteroatoms. The molecule has 0 spiro atoms. The number of hydrogen-bond acceptors (Lipinski definition) is 0. The van der Waals surface area contributed by atoms with Crippen LogP contribution in [0.1, 0.15) is 439 Å². The van der Waals surface area contributed by atoms with E-state index < -0.39 is 0 Å². The van der Waals surface area contributed by atoms with E-state index in [1.54, 1.807) is 0 Å². The first-order valence-electron chi connectivity index (χ1n) is 34.8. The largest absolute Gasteiger partial charge is 0.343 e. The van der Waals surface area contributed by atoms with Crippen molar-refractivity contribution in [2.45, 2.75) is 439 Å². The minimum absolute atomic E-state index is 0. The quantitative estimate of drug-likeness (QED) is 0.0323. The van der Waals surface area contributed by atoms with Gasteiger partial charge < -0.3 is 27.7 Å². The van der Waals surface area contributed by atoms with Crippen LogP contribution in [0.3, 0.4) is 0 Å². The van der Waals surface area contributed by atoms with E-state index in [0.717, 1.165) is 25.7 Å². The summed E-state index contributed by atoms with van der Waals surface area (Å²) in [7, 11) is 0. The Kier molecular flexibility index (Phi) is 101. The molecule has 0 unspecified atom stereocenters. The predicted molar refractivity (Wildman–Crippen MR) is 340 cm³/mol. The summed E-state index contributed by atoms with van der Waals surface area (Å²) < 4.78 is 0. The Balaban J connectivity index is -0.000000280. The van der Waals surface area contributed by atoms with Crippen LogP contribution in [0.15, 0.2) is 0 Å². The summed E-state index contributed by atoms with van der Waals surface area (Å²) in [5.41, 5.74) is 0. The Morgan fingerprint density at radius 1 is 0.123 bits per heavy atom. The molecule has 0 heterocycles. The third-order valence-electron chi connectivity index (χ3n) is 15.4. The molecule has 0 amide bonds. The Labute approximate surface area is 480 Å². The van der Waals surface area contributed by atoms with Gasteiger partial charge in [-0.3, -0.25) is 0 Å². The molecule has 0 saturated carbocycles. The molecule has 0 saturated heterocycles. The summed E-state index contributed by atoms with van der Waals surface area (Å²) >= 11 is 0. The van der Waals surface area contributed by atoms with Crippen LogP contribution in [0.2, 0.25) is 0 Å². The first kappa shape index (κ1) is 82.4. The maximum atomic E-state index is 3.88. The first-order chi connectivity index (χ1) is 35.7. The van der Waals surface area contributed by atoms with E-state index in [0.29, 0.717) is 0 Å². The van der Waals surface area contributed by atoms with Gasteiger partial charge in [-0.05, 0) is 0 Å². The van der Waals surface area contributed by atoms with Gasteiger partial charge in [0.15, 0.2) is 0 Å². The maximum Gasteiger partial charge on any atom is 0 e. The van der Waals surface area contributed by atoms with Gasteiger partial charge >= 0.3 is 0 Å². The zero-order chi connectivity index (χ0) is 53.3. The fourth-order valence-corrected chi connectivity index (χ4v) is 10.2. The fraction of sp³-hybridized carbons (Fsp3) is 0.944. The SMILES string of the molecule is [CH2-]CCCCCCCCCCCCCCCCC.[CH2-]CCCCCCCCCCCCCCCCC.[CH2-]CCCCCCCCCCCCCCCCC.[CH2-]CCCCCCCCCCCCCCCCC.[Cu]. The normalized spacial score (nSPS) is 10.8. The molecular formula is C72H148Cu-4. The van der Waals surface area contributed by atoms with Crippen molar-refractivity contribution in [3.8, 4) is 0 Å². The summed E-state index contributed by atoms with van der Waals surface area (Å²) in [5.74, 6) is 0. The maximum absolute atomic E-state index is 3.88. The zero-order valence-corrected chi connectivity index (χ0v) is 53.3. The average molecular weight is 1080 g/mol. The Hall–Kier alpha value is 0.519. The van der Waals surface area contributed by atoms with Crippen LogP contribution >= 0.6 is 0 Å². The topological polar surface area (TPSA) is 0 Å². The molecule has 73 heavy (non-hydrogen) atoms.